The third kappa shape index (κ3) is 3.97. The Morgan fingerprint density at radius 2 is 1.97 bits per heavy atom. The van der Waals surface area contributed by atoms with Crippen molar-refractivity contribution in [1.29, 1.82) is 0 Å². The second-order valence-corrected chi connectivity index (χ2v) is 8.76. The fraction of sp³-hybridized carbons (Fsp3) is 0.682. The van der Waals surface area contributed by atoms with E-state index in [-0.39, 0.29) is 34.9 Å². The van der Waals surface area contributed by atoms with Gasteiger partial charge in [0.15, 0.2) is 0 Å². The van der Waals surface area contributed by atoms with E-state index in [1.165, 1.54) is 0 Å². The number of carbonyl (C=O) groups excluding carboxylic acids is 2. The fourth-order valence-electron chi connectivity index (χ4n) is 5.40. The maximum absolute atomic E-state index is 13.1. The van der Waals surface area contributed by atoms with Crippen molar-refractivity contribution in [3.8, 4) is 0 Å². The highest BCUT2D eigenvalue weighted by molar-refractivity contribution is 5.93. The van der Waals surface area contributed by atoms with E-state index < -0.39 is 0 Å². The number of piperidine rings is 1. The Balaban J connectivity index is 1.48. The van der Waals surface area contributed by atoms with Gasteiger partial charge in [-0.3, -0.25) is 14.5 Å². The second-order valence-electron chi connectivity index (χ2n) is 8.76. The quantitative estimate of drug-likeness (QED) is 0.757. The third-order valence-electron chi connectivity index (χ3n) is 6.87. The summed E-state index contributed by atoms with van der Waals surface area (Å²) in [6.45, 7) is 9.13. The minimum absolute atomic E-state index is 0.0352. The van der Waals surface area contributed by atoms with Crippen LogP contribution in [0, 0.1) is 5.92 Å². The molecule has 2 N–H and O–H groups in total. The molecule has 3 amide bonds. The van der Waals surface area contributed by atoms with E-state index in [9.17, 15) is 14.4 Å². The molecule has 30 heavy (non-hydrogen) atoms. The molecule has 3 aliphatic heterocycles. The molecule has 8 heteroatoms. The Hall–Kier alpha value is -2.35. The lowest BCUT2D eigenvalue weighted by Crippen LogP contribution is -2.52. The predicted octanol–water partition coefficient (Wildman–Crippen LogP) is 1.21. The highest BCUT2D eigenvalue weighted by Crippen LogP contribution is 2.35. The first kappa shape index (κ1) is 20.9. The first-order chi connectivity index (χ1) is 14.5. The van der Waals surface area contributed by atoms with E-state index in [1.54, 1.807) is 10.6 Å². The number of likely N-dealkylation sites (N-methyl/N-ethyl adjacent to an activating group) is 1. The zero-order valence-corrected chi connectivity index (χ0v) is 18.0. The number of nitrogens with one attached hydrogen (secondary N) is 2. The summed E-state index contributed by atoms with van der Waals surface area (Å²) in [5.74, 6) is 0.103. The van der Waals surface area contributed by atoms with Crippen LogP contribution >= 0.6 is 0 Å². The Morgan fingerprint density at radius 1 is 1.13 bits per heavy atom. The number of aromatic nitrogens is 1. The molecule has 0 unspecified atom stereocenters. The van der Waals surface area contributed by atoms with E-state index >= 15 is 0 Å². The summed E-state index contributed by atoms with van der Waals surface area (Å²) < 4.78 is 1.77. The van der Waals surface area contributed by atoms with Crippen molar-refractivity contribution >= 4 is 11.9 Å². The van der Waals surface area contributed by atoms with Gasteiger partial charge in [-0.1, -0.05) is 6.92 Å². The van der Waals surface area contributed by atoms with Crippen LogP contribution in [-0.2, 0) is 6.54 Å². The molecule has 164 valence electrons. The number of hydrogen-bond acceptors (Lipinski definition) is 4. The number of carbonyl (C=O) groups is 2. The van der Waals surface area contributed by atoms with E-state index in [0.717, 1.165) is 38.0 Å². The van der Waals surface area contributed by atoms with Crippen LogP contribution in [0.3, 0.4) is 0 Å². The van der Waals surface area contributed by atoms with Gasteiger partial charge in [0.25, 0.3) is 11.5 Å². The highest BCUT2D eigenvalue weighted by Gasteiger charge is 2.37. The highest BCUT2D eigenvalue weighted by atomic mass is 16.2. The van der Waals surface area contributed by atoms with Crippen LogP contribution in [0.15, 0.2) is 16.9 Å². The molecule has 0 aromatic carbocycles. The monoisotopic (exact) mass is 415 g/mol. The van der Waals surface area contributed by atoms with Crippen LogP contribution in [0.4, 0.5) is 4.79 Å². The molecule has 0 aliphatic carbocycles. The Kier molecular flexibility index (Phi) is 6.13. The average Bonchev–Trinajstić information content (AvgIpc) is 3.20. The lowest BCUT2D eigenvalue weighted by molar-refractivity contribution is 0.0937. The van der Waals surface area contributed by atoms with Gasteiger partial charge in [-0.25, -0.2) is 4.79 Å². The molecule has 0 saturated carbocycles. The van der Waals surface area contributed by atoms with E-state index in [2.05, 4.69) is 22.5 Å². The van der Waals surface area contributed by atoms with Crippen LogP contribution in [0.2, 0.25) is 0 Å². The molecule has 2 bridgehead atoms. The summed E-state index contributed by atoms with van der Waals surface area (Å²) in [6, 6.07) is 3.90. The van der Waals surface area contributed by atoms with Crippen LogP contribution in [-0.4, -0.2) is 71.6 Å². The van der Waals surface area contributed by atoms with Crippen molar-refractivity contribution in [3.63, 3.8) is 0 Å². The Bertz CT molecular complexity index is 867. The van der Waals surface area contributed by atoms with Gasteiger partial charge in [0.1, 0.15) is 5.56 Å². The van der Waals surface area contributed by atoms with Crippen LogP contribution in [0.25, 0.3) is 0 Å². The standard InChI is InChI=1S/C22H33N5O3/c1-3-23-22(30)26-12-15-10-16(14-26)19-8-7-18(21(29)27(19)13-15)20(28)24-11-17-6-5-9-25(17)4-2/h7-8,15-17H,3-6,9-14H2,1-2H3,(H,23,30)(H,24,28)/t15-,16+,17-/m0/s1. The zero-order valence-electron chi connectivity index (χ0n) is 18.0. The molecular formula is C22H33N5O3. The summed E-state index contributed by atoms with van der Waals surface area (Å²) in [5, 5.41) is 5.85. The van der Waals surface area contributed by atoms with Crippen molar-refractivity contribution in [3.05, 3.63) is 33.7 Å². The van der Waals surface area contributed by atoms with Crippen LogP contribution < -0.4 is 16.2 Å². The first-order valence-corrected chi connectivity index (χ1v) is 11.3. The van der Waals surface area contributed by atoms with Crippen LogP contribution in [0.1, 0.15) is 55.1 Å². The van der Waals surface area contributed by atoms with Gasteiger partial charge in [-0.05, 0) is 57.3 Å². The van der Waals surface area contributed by atoms with Crippen molar-refractivity contribution in [1.82, 2.24) is 25.0 Å². The molecule has 1 aromatic heterocycles. The maximum atomic E-state index is 13.1. The molecule has 4 rings (SSSR count). The number of rotatable bonds is 5. The summed E-state index contributed by atoms with van der Waals surface area (Å²) in [7, 11) is 0. The Labute approximate surface area is 177 Å². The van der Waals surface area contributed by atoms with Crippen molar-refractivity contribution in [2.75, 3.05) is 39.3 Å². The van der Waals surface area contributed by atoms with Crippen molar-refractivity contribution in [2.45, 2.75) is 51.6 Å². The summed E-state index contributed by atoms with van der Waals surface area (Å²) in [4.78, 5) is 42.4. The topological polar surface area (TPSA) is 86.7 Å². The largest absolute Gasteiger partial charge is 0.350 e. The Morgan fingerprint density at radius 3 is 2.73 bits per heavy atom. The molecule has 3 atom stereocenters. The van der Waals surface area contributed by atoms with Crippen molar-refractivity contribution in [2.24, 2.45) is 5.92 Å². The lowest BCUT2D eigenvalue weighted by atomic mass is 9.83. The number of urea groups is 1. The molecule has 4 heterocycles. The van der Waals surface area contributed by atoms with Gasteiger partial charge < -0.3 is 20.1 Å². The molecule has 1 aromatic rings. The van der Waals surface area contributed by atoms with E-state index in [1.807, 2.05) is 17.9 Å². The SMILES string of the molecule is CCNC(=O)N1C[C@@H]2C[C@H](C1)c1ccc(C(=O)NC[C@@H]3CCCN3CC)c(=O)n1C2. The summed E-state index contributed by atoms with van der Waals surface area (Å²) in [5.41, 5.74) is 0.958. The van der Waals surface area contributed by atoms with Gasteiger partial charge in [0.05, 0.1) is 0 Å². The summed E-state index contributed by atoms with van der Waals surface area (Å²) >= 11 is 0. The molecule has 2 saturated heterocycles. The number of pyridine rings is 1. The number of nitrogens with zero attached hydrogens (tertiary/aromatic N) is 3. The summed E-state index contributed by atoms with van der Waals surface area (Å²) in [6.07, 6.45) is 3.23. The average molecular weight is 416 g/mol. The van der Waals surface area contributed by atoms with Gasteiger partial charge in [-0.2, -0.15) is 0 Å². The van der Waals surface area contributed by atoms with Crippen LogP contribution in [0.5, 0.6) is 0 Å². The number of amides is 3. The molecule has 0 radical (unpaired) electrons. The number of fused-ring (bicyclic) bond motifs is 4. The minimum Gasteiger partial charge on any atom is -0.350 e. The molecule has 2 fully saturated rings. The number of likely N-dealkylation sites (tertiary alicyclic amines) is 2. The molecule has 8 nitrogen and oxygen atoms in total. The van der Waals surface area contributed by atoms with Gasteiger partial charge >= 0.3 is 6.03 Å². The van der Waals surface area contributed by atoms with Gasteiger partial charge in [0, 0.05) is 50.4 Å². The fourth-order valence-corrected chi connectivity index (χ4v) is 5.40. The van der Waals surface area contributed by atoms with Gasteiger partial charge in [-0.15, -0.1) is 0 Å². The van der Waals surface area contributed by atoms with E-state index in [4.69, 9.17) is 0 Å². The van der Waals surface area contributed by atoms with Crippen molar-refractivity contribution < 1.29 is 9.59 Å². The normalized spacial score (nSPS) is 25.7. The van der Waals surface area contributed by atoms with Gasteiger partial charge in [0.2, 0.25) is 0 Å². The zero-order chi connectivity index (χ0) is 21.3. The number of hydrogen-bond donors (Lipinski definition) is 2. The molecular weight excluding hydrogens is 382 g/mol. The smallest absolute Gasteiger partial charge is 0.317 e. The lowest BCUT2D eigenvalue weighted by Gasteiger charge is -2.42. The first-order valence-electron chi connectivity index (χ1n) is 11.3. The minimum atomic E-state index is -0.280. The maximum Gasteiger partial charge on any atom is 0.317 e. The van der Waals surface area contributed by atoms with E-state index in [0.29, 0.717) is 38.8 Å². The predicted molar refractivity (Wildman–Crippen MR) is 115 cm³/mol. The third-order valence-corrected chi connectivity index (χ3v) is 6.87. The molecule has 0 spiro atoms. The second kappa shape index (κ2) is 8.79. The molecule has 3 aliphatic rings.